The van der Waals surface area contributed by atoms with Gasteiger partial charge in [0.1, 0.15) is 5.76 Å². The molecule has 13 heavy (non-hydrogen) atoms. The van der Waals surface area contributed by atoms with Crippen molar-refractivity contribution >= 4 is 15.9 Å². The summed E-state index contributed by atoms with van der Waals surface area (Å²) >= 11 is 3.18. The van der Waals surface area contributed by atoms with Gasteiger partial charge in [-0.05, 0) is 34.0 Å². The van der Waals surface area contributed by atoms with Crippen molar-refractivity contribution in [3.05, 3.63) is 22.6 Å². The Bertz CT molecular complexity index is 272. The molecule has 0 saturated heterocycles. The zero-order valence-electron chi connectivity index (χ0n) is 7.70. The number of nitrogens with two attached hydrogens (primary N) is 1. The van der Waals surface area contributed by atoms with Crippen LogP contribution < -0.4 is 5.73 Å². The van der Waals surface area contributed by atoms with Crippen LogP contribution in [0.15, 0.2) is 21.2 Å². The average Bonchev–Trinajstić information content (AvgIpc) is 2.49. The number of halogens is 1. The van der Waals surface area contributed by atoms with E-state index in [1.165, 1.54) is 0 Å². The van der Waals surface area contributed by atoms with Gasteiger partial charge in [0.15, 0.2) is 4.67 Å². The molecule has 1 heterocycles. The van der Waals surface area contributed by atoms with Crippen LogP contribution in [0, 0.1) is 5.92 Å². The van der Waals surface area contributed by atoms with Crippen LogP contribution in [0.4, 0.5) is 0 Å². The Morgan fingerprint density at radius 1 is 1.46 bits per heavy atom. The lowest BCUT2D eigenvalue weighted by molar-refractivity contribution is 0.0896. The highest BCUT2D eigenvalue weighted by Gasteiger charge is 2.22. The Balaban J connectivity index is 2.73. The van der Waals surface area contributed by atoms with Crippen LogP contribution in [0.25, 0.3) is 0 Å². The van der Waals surface area contributed by atoms with E-state index in [0.29, 0.717) is 10.4 Å². The number of hydrogen-bond donors (Lipinski definition) is 2. The molecular weight excluding hydrogens is 234 g/mol. The summed E-state index contributed by atoms with van der Waals surface area (Å²) in [7, 11) is 0. The van der Waals surface area contributed by atoms with E-state index in [1.54, 1.807) is 12.1 Å². The number of aliphatic hydroxyl groups excluding tert-OH is 1. The van der Waals surface area contributed by atoms with E-state index in [0.717, 1.165) is 0 Å². The van der Waals surface area contributed by atoms with Crippen molar-refractivity contribution in [1.82, 2.24) is 0 Å². The maximum Gasteiger partial charge on any atom is 0.169 e. The van der Waals surface area contributed by atoms with Crippen molar-refractivity contribution in [2.45, 2.75) is 26.0 Å². The summed E-state index contributed by atoms with van der Waals surface area (Å²) in [6.45, 7) is 3.84. The van der Waals surface area contributed by atoms with Gasteiger partial charge in [0.05, 0.1) is 12.1 Å². The molecule has 0 saturated carbocycles. The van der Waals surface area contributed by atoms with E-state index in [9.17, 15) is 5.11 Å². The third-order valence-corrected chi connectivity index (χ3v) is 2.40. The molecule has 1 aromatic rings. The summed E-state index contributed by atoms with van der Waals surface area (Å²) in [6.07, 6.45) is -0.571. The molecule has 4 heteroatoms. The van der Waals surface area contributed by atoms with Gasteiger partial charge in [-0.25, -0.2) is 0 Å². The highest BCUT2D eigenvalue weighted by Crippen LogP contribution is 2.23. The van der Waals surface area contributed by atoms with Crippen LogP contribution >= 0.6 is 15.9 Å². The van der Waals surface area contributed by atoms with Gasteiger partial charge < -0.3 is 15.3 Å². The Hall–Kier alpha value is -0.320. The van der Waals surface area contributed by atoms with Gasteiger partial charge in [-0.15, -0.1) is 0 Å². The maximum atomic E-state index is 9.66. The molecule has 0 unspecified atom stereocenters. The lowest BCUT2D eigenvalue weighted by atomic mass is 9.99. The molecule has 0 aliphatic heterocycles. The number of aliphatic hydroxyl groups is 1. The first-order valence-electron chi connectivity index (χ1n) is 4.21. The minimum absolute atomic E-state index is 0.124. The second kappa shape index (κ2) is 4.26. The summed E-state index contributed by atoms with van der Waals surface area (Å²) in [4.78, 5) is 0. The Morgan fingerprint density at radius 3 is 2.46 bits per heavy atom. The summed E-state index contributed by atoms with van der Waals surface area (Å²) in [5.41, 5.74) is 5.79. The first-order valence-corrected chi connectivity index (χ1v) is 5.00. The molecule has 0 amide bonds. The second-order valence-corrected chi connectivity index (χ2v) is 4.18. The smallest absolute Gasteiger partial charge is 0.169 e. The summed E-state index contributed by atoms with van der Waals surface area (Å²) in [6, 6.07) is 3.08. The van der Waals surface area contributed by atoms with E-state index in [1.807, 2.05) is 13.8 Å². The number of hydrogen-bond acceptors (Lipinski definition) is 3. The zero-order valence-corrected chi connectivity index (χ0v) is 9.28. The number of rotatable bonds is 3. The SMILES string of the molecule is CC(C)[C@@H](O)[C@@H](N)c1ccc(Br)o1. The van der Waals surface area contributed by atoms with Crippen LogP contribution in [0.5, 0.6) is 0 Å². The minimum atomic E-state index is -0.571. The van der Waals surface area contributed by atoms with Crippen molar-refractivity contribution in [3.63, 3.8) is 0 Å². The molecule has 0 radical (unpaired) electrons. The predicted octanol–water partition coefficient (Wildman–Crippen LogP) is 2.06. The maximum absolute atomic E-state index is 9.66. The van der Waals surface area contributed by atoms with Crippen LogP contribution in [-0.4, -0.2) is 11.2 Å². The van der Waals surface area contributed by atoms with Gasteiger partial charge in [-0.2, -0.15) is 0 Å². The Morgan fingerprint density at radius 2 is 2.08 bits per heavy atom. The predicted molar refractivity (Wildman–Crippen MR) is 54.2 cm³/mol. The lowest BCUT2D eigenvalue weighted by Crippen LogP contribution is -2.30. The second-order valence-electron chi connectivity index (χ2n) is 3.40. The molecule has 0 aliphatic carbocycles. The zero-order chi connectivity index (χ0) is 10.0. The van der Waals surface area contributed by atoms with Crippen molar-refractivity contribution in [3.8, 4) is 0 Å². The van der Waals surface area contributed by atoms with Gasteiger partial charge in [0.2, 0.25) is 0 Å². The highest BCUT2D eigenvalue weighted by molar-refractivity contribution is 9.10. The van der Waals surface area contributed by atoms with Crippen LogP contribution in [-0.2, 0) is 0 Å². The lowest BCUT2D eigenvalue weighted by Gasteiger charge is -2.19. The van der Waals surface area contributed by atoms with E-state index >= 15 is 0 Å². The summed E-state index contributed by atoms with van der Waals surface area (Å²) in [5.74, 6) is 0.729. The average molecular weight is 248 g/mol. The van der Waals surface area contributed by atoms with Gasteiger partial charge in [0.25, 0.3) is 0 Å². The molecule has 0 spiro atoms. The highest BCUT2D eigenvalue weighted by atomic mass is 79.9. The number of furan rings is 1. The van der Waals surface area contributed by atoms with Gasteiger partial charge >= 0.3 is 0 Å². The Labute approximate surface area is 86.1 Å². The fraction of sp³-hybridized carbons (Fsp3) is 0.556. The summed E-state index contributed by atoms with van der Waals surface area (Å²) in [5, 5.41) is 9.66. The van der Waals surface area contributed by atoms with E-state index in [4.69, 9.17) is 10.2 Å². The Kier molecular flexibility index (Phi) is 3.53. The van der Waals surface area contributed by atoms with Crippen LogP contribution in [0.1, 0.15) is 25.6 Å². The quantitative estimate of drug-likeness (QED) is 0.860. The fourth-order valence-corrected chi connectivity index (χ4v) is 1.41. The van der Waals surface area contributed by atoms with Crippen molar-refractivity contribution in [2.24, 2.45) is 11.7 Å². The molecule has 0 fully saturated rings. The first-order chi connectivity index (χ1) is 6.02. The third kappa shape index (κ3) is 2.56. The standard InChI is InChI=1S/C9H14BrNO2/c1-5(2)9(12)8(11)6-3-4-7(10)13-6/h3-5,8-9,12H,11H2,1-2H3/t8-,9+/m0/s1. The fourth-order valence-electron chi connectivity index (χ4n) is 1.09. The van der Waals surface area contributed by atoms with Crippen molar-refractivity contribution in [1.29, 1.82) is 0 Å². The molecule has 1 rings (SSSR count). The minimum Gasteiger partial charge on any atom is -0.453 e. The van der Waals surface area contributed by atoms with Gasteiger partial charge in [0, 0.05) is 0 Å². The van der Waals surface area contributed by atoms with Crippen LogP contribution in [0.3, 0.4) is 0 Å². The van der Waals surface area contributed by atoms with E-state index in [2.05, 4.69) is 15.9 Å². The summed E-state index contributed by atoms with van der Waals surface area (Å²) < 4.78 is 5.88. The topological polar surface area (TPSA) is 59.4 Å². The molecule has 0 aromatic carbocycles. The molecular formula is C9H14BrNO2. The monoisotopic (exact) mass is 247 g/mol. The van der Waals surface area contributed by atoms with Crippen molar-refractivity contribution in [2.75, 3.05) is 0 Å². The molecule has 74 valence electrons. The molecule has 2 atom stereocenters. The van der Waals surface area contributed by atoms with Crippen molar-refractivity contribution < 1.29 is 9.52 Å². The van der Waals surface area contributed by atoms with Gasteiger partial charge in [-0.1, -0.05) is 13.8 Å². The largest absolute Gasteiger partial charge is 0.453 e. The van der Waals surface area contributed by atoms with E-state index < -0.39 is 12.1 Å². The molecule has 1 aromatic heterocycles. The molecule has 0 aliphatic rings. The first kappa shape index (κ1) is 10.8. The normalized spacial score (nSPS) is 16.2. The molecule has 3 nitrogen and oxygen atoms in total. The third-order valence-electron chi connectivity index (χ3n) is 1.97. The van der Waals surface area contributed by atoms with Gasteiger partial charge in [-0.3, -0.25) is 0 Å². The molecule has 3 N–H and O–H groups in total. The van der Waals surface area contributed by atoms with E-state index in [-0.39, 0.29) is 5.92 Å². The van der Waals surface area contributed by atoms with Crippen LogP contribution in [0.2, 0.25) is 0 Å². The molecule has 0 bridgehead atoms.